The Morgan fingerprint density at radius 1 is 1.47 bits per heavy atom. The summed E-state index contributed by atoms with van der Waals surface area (Å²) < 4.78 is 39.0. The van der Waals surface area contributed by atoms with Crippen LogP contribution in [0.5, 0.6) is 0 Å². The third-order valence-corrected chi connectivity index (χ3v) is 5.50. The molecule has 1 unspecified atom stereocenters. The lowest BCUT2D eigenvalue weighted by Crippen LogP contribution is -2.47. The Hall–Kier alpha value is -0.200. The minimum Gasteiger partial charge on any atom is -0.342 e. The Labute approximate surface area is 123 Å². The highest BCUT2D eigenvalue weighted by molar-refractivity contribution is 7.16. The van der Waals surface area contributed by atoms with Crippen molar-refractivity contribution in [1.82, 2.24) is 4.98 Å². The third-order valence-electron chi connectivity index (χ3n) is 3.58. The first-order valence-electron chi connectivity index (χ1n) is 5.73. The van der Waals surface area contributed by atoms with E-state index in [1.54, 1.807) is 18.7 Å². The van der Waals surface area contributed by atoms with Crippen LogP contribution in [0.25, 0.3) is 0 Å². The molecule has 1 aliphatic heterocycles. The Morgan fingerprint density at radius 3 is 2.53 bits per heavy atom. The van der Waals surface area contributed by atoms with E-state index in [-0.39, 0.29) is 17.5 Å². The quantitative estimate of drug-likeness (QED) is 0.729. The van der Waals surface area contributed by atoms with Gasteiger partial charge in [0.05, 0.1) is 16.7 Å². The second-order valence-electron chi connectivity index (χ2n) is 5.03. The van der Waals surface area contributed by atoms with Crippen LogP contribution in [0.4, 0.5) is 18.3 Å². The summed E-state index contributed by atoms with van der Waals surface area (Å²) in [4.78, 5) is 6.50. The highest BCUT2D eigenvalue weighted by atomic mass is 35.5. The minimum absolute atomic E-state index is 0.0733. The van der Waals surface area contributed by atoms with Crippen LogP contribution in [0, 0.1) is 5.92 Å². The van der Waals surface area contributed by atoms with E-state index in [1.807, 2.05) is 0 Å². The molecule has 8 heteroatoms. The zero-order valence-electron chi connectivity index (χ0n) is 10.4. The summed E-state index contributed by atoms with van der Waals surface area (Å²) in [5.74, 6) is -1.14. The number of hydrogen-bond acceptors (Lipinski definition) is 3. The molecule has 0 amide bonds. The summed E-state index contributed by atoms with van der Waals surface area (Å²) in [5.41, 5.74) is -1.02. The van der Waals surface area contributed by atoms with E-state index >= 15 is 0 Å². The van der Waals surface area contributed by atoms with Gasteiger partial charge in [-0.25, -0.2) is 4.98 Å². The summed E-state index contributed by atoms with van der Waals surface area (Å²) in [6.45, 7) is 3.50. The van der Waals surface area contributed by atoms with Crippen LogP contribution in [0.2, 0.25) is 5.15 Å². The van der Waals surface area contributed by atoms with Gasteiger partial charge in [-0.2, -0.15) is 13.2 Å². The maximum absolute atomic E-state index is 13.0. The molecule has 19 heavy (non-hydrogen) atoms. The SMILES string of the molecule is CC1(C)C(C(F)(F)F)CCN1c1nc(Cl)c(CCl)s1. The monoisotopic (exact) mass is 332 g/mol. The van der Waals surface area contributed by atoms with Crippen molar-refractivity contribution in [2.45, 2.75) is 37.9 Å². The van der Waals surface area contributed by atoms with Crippen LogP contribution >= 0.6 is 34.5 Å². The number of anilines is 1. The fourth-order valence-corrected chi connectivity index (χ4v) is 4.16. The molecule has 2 nitrogen and oxygen atoms in total. The Balaban J connectivity index is 2.31. The summed E-state index contributed by atoms with van der Waals surface area (Å²) in [6.07, 6.45) is -4.13. The zero-order valence-corrected chi connectivity index (χ0v) is 12.7. The van der Waals surface area contributed by atoms with Crippen LogP contribution in [0.1, 0.15) is 25.1 Å². The number of nitrogens with zero attached hydrogens (tertiary/aromatic N) is 2. The molecule has 2 rings (SSSR count). The number of aromatic nitrogens is 1. The second-order valence-corrected chi connectivity index (χ2v) is 6.72. The van der Waals surface area contributed by atoms with Crippen molar-refractivity contribution < 1.29 is 13.2 Å². The van der Waals surface area contributed by atoms with E-state index in [0.717, 1.165) is 0 Å². The van der Waals surface area contributed by atoms with Gasteiger partial charge >= 0.3 is 6.18 Å². The third kappa shape index (κ3) is 2.67. The predicted molar refractivity (Wildman–Crippen MR) is 72.3 cm³/mol. The molecule has 0 bridgehead atoms. The van der Waals surface area contributed by atoms with Gasteiger partial charge in [0, 0.05) is 12.1 Å². The highest BCUT2D eigenvalue weighted by Crippen LogP contribution is 2.47. The predicted octanol–water partition coefficient (Wildman–Crippen LogP) is 4.70. The molecule has 1 atom stereocenters. The van der Waals surface area contributed by atoms with Gasteiger partial charge in [-0.1, -0.05) is 22.9 Å². The summed E-state index contributed by atoms with van der Waals surface area (Å²) in [6, 6.07) is 0. The molecule has 1 aliphatic rings. The molecule has 0 radical (unpaired) electrons. The van der Waals surface area contributed by atoms with Crippen molar-refractivity contribution in [1.29, 1.82) is 0 Å². The number of rotatable bonds is 2. The van der Waals surface area contributed by atoms with Crippen molar-refractivity contribution in [3.63, 3.8) is 0 Å². The molecule has 1 aromatic rings. The highest BCUT2D eigenvalue weighted by Gasteiger charge is 2.55. The maximum atomic E-state index is 13.0. The fourth-order valence-electron chi connectivity index (χ4n) is 2.51. The van der Waals surface area contributed by atoms with E-state index in [9.17, 15) is 13.2 Å². The van der Waals surface area contributed by atoms with E-state index in [2.05, 4.69) is 4.98 Å². The van der Waals surface area contributed by atoms with Crippen molar-refractivity contribution in [3.8, 4) is 0 Å². The number of halogens is 5. The molecule has 1 fully saturated rings. The molecule has 1 saturated heterocycles. The molecule has 0 aromatic carbocycles. The normalized spacial score (nSPS) is 23.1. The number of alkyl halides is 4. The van der Waals surface area contributed by atoms with Crippen molar-refractivity contribution >= 4 is 39.7 Å². The first-order valence-corrected chi connectivity index (χ1v) is 7.46. The lowest BCUT2D eigenvalue weighted by molar-refractivity contribution is -0.183. The largest absolute Gasteiger partial charge is 0.394 e. The van der Waals surface area contributed by atoms with Crippen molar-refractivity contribution in [2.24, 2.45) is 5.92 Å². The lowest BCUT2D eigenvalue weighted by atomic mass is 9.88. The topological polar surface area (TPSA) is 16.1 Å². The Bertz CT molecular complexity index is 473. The lowest BCUT2D eigenvalue weighted by Gasteiger charge is -2.36. The molecule has 2 heterocycles. The minimum atomic E-state index is -4.20. The molecule has 0 aliphatic carbocycles. The maximum Gasteiger partial charge on any atom is 0.394 e. The van der Waals surface area contributed by atoms with Crippen molar-refractivity contribution in [2.75, 3.05) is 11.4 Å². The number of hydrogen-bond donors (Lipinski definition) is 0. The molecular weight excluding hydrogens is 320 g/mol. The number of thiazole rings is 1. The van der Waals surface area contributed by atoms with E-state index in [1.165, 1.54) is 11.3 Å². The van der Waals surface area contributed by atoms with E-state index in [0.29, 0.717) is 16.6 Å². The summed E-state index contributed by atoms with van der Waals surface area (Å²) in [5, 5.41) is 0.790. The molecule has 0 spiro atoms. The molecule has 1 aromatic heterocycles. The molecule has 0 saturated carbocycles. The fraction of sp³-hybridized carbons (Fsp3) is 0.727. The van der Waals surface area contributed by atoms with Gasteiger partial charge in [0.15, 0.2) is 5.13 Å². The van der Waals surface area contributed by atoms with Gasteiger partial charge in [-0.05, 0) is 20.3 Å². The van der Waals surface area contributed by atoms with Gasteiger partial charge < -0.3 is 4.90 Å². The molecular formula is C11H13Cl2F3N2S. The van der Waals surface area contributed by atoms with Gasteiger partial charge in [-0.15, -0.1) is 11.6 Å². The van der Waals surface area contributed by atoms with Crippen LogP contribution in [0.15, 0.2) is 0 Å². The first kappa shape index (κ1) is 15.2. The standard InChI is InChI=1S/C11H13Cl2F3N2S/c1-10(2)7(11(14,15)16)3-4-18(10)9-17-8(13)6(5-12)19-9/h7H,3-5H2,1-2H3. The Morgan fingerprint density at radius 2 is 2.11 bits per heavy atom. The summed E-state index contributed by atoms with van der Waals surface area (Å²) in [7, 11) is 0. The van der Waals surface area contributed by atoms with Crippen LogP contribution < -0.4 is 4.90 Å². The first-order chi connectivity index (χ1) is 8.67. The van der Waals surface area contributed by atoms with Gasteiger partial charge in [0.2, 0.25) is 0 Å². The smallest absolute Gasteiger partial charge is 0.342 e. The van der Waals surface area contributed by atoms with Crippen LogP contribution in [-0.4, -0.2) is 23.2 Å². The van der Waals surface area contributed by atoms with E-state index in [4.69, 9.17) is 23.2 Å². The van der Waals surface area contributed by atoms with Crippen LogP contribution in [0.3, 0.4) is 0 Å². The van der Waals surface area contributed by atoms with E-state index < -0.39 is 17.6 Å². The van der Waals surface area contributed by atoms with Gasteiger partial charge in [0.1, 0.15) is 5.15 Å². The van der Waals surface area contributed by atoms with Crippen molar-refractivity contribution in [3.05, 3.63) is 10.0 Å². The average molecular weight is 333 g/mol. The van der Waals surface area contributed by atoms with Gasteiger partial charge in [0.25, 0.3) is 0 Å². The van der Waals surface area contributed by atoms with Gasteiger partial charge in [-0.3, -0.25) is 0 Å². The summed E-state index contributed by atoms with van der Waals surface area (Å²) >= 11 is 12.9. The second kappa shape index (κ2) is 4.97. The average Bonchev–Trinajstić information content (AvgIpc) is 2.76. The molecule has 108 valence electrons. The Kier molecular flexibility index (Phi) is 3.97. The zero-order chi connectivity index (χ0) is 14.4. The molecule has 0 N–H and O–H groups in total. The van der Waals surface area contributed by atoms with Crippen LogP contribution in [-0.2, 0) is 5.88 Å².